The molecule has 1 saturated heterocycles. The number of rotatable bonds is 6. The zero-order valence-electron chi connectivity index (χ0n) is 15.9. The molecule has 0 unspecified atom stereocenters. The Balaban J connectivity index is 1.53. The Bertz CT molecular complexity index is 778. The van der Waals surface area contributed by atoms with Gasteiger partial charge < -0.3 is 19.7 Å². The summed E-state index contributed by atoms with van der Waals surface area (Å²) in [6.45, 7) is 2.13. The Morgan fingerprint density at radius 1 is 1.11 bits per heavy atom. The number of amides is 1. The van der Waals surface area contributed by atoms with Crippen molar-refractivity contribution in [1.82, 2.24) is 4.90 Å². The molecule has 1 heterocycles. The van der Waals surface area contributed by atoms with E-state index < -0.39 is 0 Å². The predicted molar refractivity (Wildman–Crippen MR) is 108 cm³/mol. The molecule has 2 aromatic rings. The molecule has 0 atom stereocenters. The molecule has 0 aromatic heterocycles. The van der Waals surface area contributed by atoms with Crippen molar-refractivity contribution >= 4 is 17.7 Å². The van der Waals surface area contributed by atoms with Crippen molar-refractivity contribution in [1.29, 1.82) is 0 Å². The van der Waals surface area contributed by atoms with Gasteiger partial charge in [-0.15, -0.1) is 0 Å². The van der Waals surface area contributed by atoms with Gasteiger partial charge in [-0.3, -0.25) is 4.79 Å². The summed E-state index contributed by atoms with van der Waals surface area (Å²) in [6.07, 6.45) is 5.60. The van der Waals surface area contributed by atoms with Gasteiger partial charge in [0.1, 0.15) is 17.6 Å². The maximum absolute atomic E-state index is 12.1. The second-order valence-electron chi connectivity index (χ2n) is 6.71. The number of anilines is 1. The SMILES string of the molecule is COc1ccccc1/C=C/C(=O)Nc1ccc(OC2CCN(C)CC2)cc1. The first-order chi connectivity index (χ1) is 13.1. The lowest BCUT2D eigenvalue weighted by molar-refractivity contribution is -0.111. The molecule has 27 heavy (non-hydrogen) atoms. The molecule has 5 nitrogen and oxygen atoms in total. The van der Waals surface area contributed by atoms with E-state index in [4.69, 9.17) is 9.47 Å². The third-order valence-corrected chi connectivity index (χ3v) is 4.64. The third-order valence-electron chi connectivity index (χ3n) is 4.64. The minimum Gasteiger partial charge on any atom is -0.496 e. The molecular weight excluding hydrogens is 340 g/mol. The van der Waals surface area contributed by atoms with Gasteiger partial charge in [0.05, 0.1) is 7.11 Å². The van der Waals surface area contributed by atoms with Crippen LogP contribution < -0.4 is 14.8 Å². The Morgan fingerprint density at radius 2 is 1.81 bits per heavy atom. The molecule has 0 radical (unpaired) electrons. The summed E-state index contributed by atoms with van der Waals surface area (Å²) in [5.74, 6) is 1.38. The molecule has 1 amide bonds. The minimum absolute atomic E-state index is 0.190. The number of hydrogen-bond donors (Lipinski definition) is 1. The van der Waals surface area contributed by atoms with Gasteiger partial charge in [-0.05, 0) is 56.3 Å². The number of likely N-dealkylation sites (tertiary alicyclic amines) is 1. The maximum Gasteiger partial charge on any atom is 0.248 e. The third kappa shape index (κ3) is 5.59. The van der Waals surface area contributed by atoms with E-state index in [2.05, 4.69) is 17.3 Å². The molecule has 0 saturated carbocycles. The Labute approximate surface area is 160 Å². The van der Waals surface area contributed by atoms with Gasteiger partial charge >= 0.3 is 0 Å². The number of piperidine rings is 1. The van der Waals surface area contributed by atoms with Gasteiger partial charge in [-0.1, -0.05) is 18.2 Å². The van der Waals surface area contributed by atoms with Crippen molar-refractivity contribution in [2.45, 2.75) is 18.9 Å². The maximum atomic E-state index is 12.1. The molecular formula is C22H26N2O3. The van der Waals surface area contributed by atoms with E-state index in [9.17, 15) is 4.79 Å². The minimum atomic E-state index is -0.190. The Hall–Kier alpha value is -2.79. The van der Waals surface area contributed by atoms with Gasteiger partial charge in [-0.25, -0.2) is 0 Å². The first-order valence-corrected chi connectivity index (χ1v) is 9.21. The van der Waals surface area contributed by atoms with E-state index in [1.165, 1.54) is 6.08 Å². The topological polar surface area (TPSA) is 50.8 Å². The number of benzene rings is 2. The zero-order valence-corrected chi connectivity index (χ0v) is 15.9. The summed E-state index contributed by atoms with van der Waals surface area (Å²) >= 11 is 0. The highest BCUT2D eigenvalue weighted by atomic mass is 16.5. The lowest BCUT2D eigenvalue weighted by atomic mass is 10.1. The highest BCUT2D eigenvalue weighted by Crippen LogP contribution is 2.21. The van der Waals surface area contributed by atoms with Gasteiger partial charge in [-0.2, -0.15) is 0 Å². The molecule has 0 bridgehead atoms. The van der Waals surface area contributed by atoms with Crippen molar-refractivity contribution in [3.63, 3.8) is 0 Å². The number of ether oxygens (including phenoxy) is 2. The van der Waals surface area contributed by atoms with Gasteiger partial charge in [0.2, 0.25) is 5.91 Å². The van der Waals surface area contributed by atoms with Crippen LogP contribution in [0.2, 0.25) is 0 Å². The summed E-state index contributed by atoms with van der Waals surface area (Å²) in [4.78, 5) is 14.5. The molecule has 3 rings (SSSR count). The normalized spacial score (nSPS) is 15.6. The smallest absolute Gasteiger partial charge is 0.248 e. The zero-order chi connectivity index (χ0) is 19.1. The summed E-state index contributed by atoms with van der Waals surface area (Å²) in [5.41, 5.74) is 1.59. The second kappa shape index (κ2) is 9.24. The van der Waals surface area contributed by atoms with E-state index in [0.717, 1.165) is 48.7 Å². The van der Waals surface area contributed by atoms with Crippen LogP contribution in [0.5, 0.6) is 11.5 Å². The first-order valence-electron chi connectivity index (χ1n) is 9.21. The molecule has 2 aromatic carbocycles. The lowest BCUT2D eigenvalue weighted by Crippen LogP contribution is -2.35. The fourth-order valence-electron chi connectivity index (χ4n) is 3.07. The highest BCUT2D eigenvalue weighted by molar-refractivity contribution is 6.02. The van der Waals surface area contributed by atoms with Crippen LogP contribution in [0.3, 0.4) is 0 Å². The van der Waals surface area contributed by atoms with Crippen molar-refractivity contribution in [2.75, 3.05) is 32.6 Å². The Kier molecular flexibility index (Phi) is 6.49. The number of carbonyl (C=O) groups is 1. The van der Waals surface area contributed by atoms with Crippen LogP contribution in [0.1, 0.15) is 18.4 Å². The number of nitrogens with zero attached hydrogens (tertiary/aromatic N) is 1. The molecule has 1 aliphatic heterocycles. The van der Waals surface area contributed by atoms with Crippen molar-refractivity contribution in [2.24, 2.45) is 0 Å². The van der Waals surface area contributed by atoms with Crippen LogP contribution in [0.4, 0.5) is 5.69 Å². The van der Waals surface area contributed by atoms with E-state index in [1.807, 2.05) is 48.5 Å². The van der Waals surface area contributed by atoms with Crippen LogP contribution >= 0.6 is 0 Å². The van der Waals surface area contributed by atoms with Crippen LogP contribution in [0.25, 0.3) is 6.08 Å². The number of para-hydroxylation sites is 1. The van der Waals surface area contributed by atoms with Crippen molar-refractivity contribution < 1.29 is 14.3 Å². The van der Waals surface area contributed by atoms with Crippen LogP contribution in [0.15, 0.2) is 54.6 Å². The quantitative estimate of drug-likeness (QED) is 0.790. The molecule has 1 N–H and O–H groups in total. The predicted octanol–water partition coefficient (Wildman–Crippen LogP) is 3.82. The number of methoxy groups -OCH3 is 1. The second-order valence-corrected chi connectivity index (χ2v) is 6.71. The van der Waals surface area contributed by atoms with E-state index >= 15 is 0 Å². The largest absolute Gasteiger partial charge is 0.496 e. The summed E-state index contributed by atoms with van der Waals surface area (Å²) in [5, 5.41) is 2.86. The average Bonchev–Trinajstić information content (AvgIpc) is 2.70. The van der Waals surface area contributed by atoms with E-state index in [-0.39, 0.29) is 12.0 Å². The molecule has 1 fully saturated rings. The van der Waals surface area contributed by atoms with E-state index in [1.54, 1.807) is 13.2 Å². The monoisotopic (exact) mass is 366 g/mol. The fourth-order valence-corrected chi connectivity index (χ4v) is 3.07. The van der Waals surface area contributed by atoms with Crippen LogP contribution in [-0.4, -0.2) is 44.2 Å². The van der Waals surface area contributed by atoms with Gasteiger partial charge in [0.25, 0.3) is 0 Å². The highest BCUT2D eigenvalue weighted by Gasteiger charge is 2.17. The number of nitrogens with one attached hydrogen (secondary N) is 1. The average molecular weight is 366 g/mol. The molecule has 5 heteroatoms. The van der Waals surface area contributed by atoms with Gasteiger partial charge in [0, 0.05) is 30.4 Å². The van der Waals surface area contributed by atoms with Crippen molar-refractivity contribution in [3.8, 4) is 11.5 Å². The van der Waals surface area contributed by atoms with Crippen LogP contribution in [0, 0.1) is 0 Å². The van der Waals surface area contributed by atoms with Crippen LogP contribution in [-0.2, 0) is 4.79 Å². The molecule has 142 valence electrons. The fraction of sp³-hybridized carbons (Fsp3) is 0.318. The standard InChI is InChI=1S/C22H26N2O3/c1-24-15-13-20(14-16-24)27-19-10-8-18(9-11-19)23-22(25)12-7-17-5-3-4-6-21(17)26-2/h3-12,20H,13-16H2,1-2H3,(H,23,25)/b12-7+. The van der Waals surface area contributed by atoms with E-state index in [0.29, 0.717) is 0 Å². The molecule has 0 aliphatic carbocycles. The number of carbonyl (C=O) groups excluding carboxylic acids is 1. The molecule has 0 spiro atoms. The van der Waals surface area contributed by atoms with Crippen molar-refractivity contribution in [3.05, 3.63) is 60.2 Å². The summed E-state index contributed by atoms with van der Waals surface area (Å²) < 4.78 is 11.3. The van der Waals surface area contributed by atoms with Gasteiger partial charge in [0.15, 0.2) is 0 Å². The molecule has 1 aliphatic rings. The lowest BCUT2D eigenvalue weighted by Gasteiger charge is -2.29. The number of hydrogen-bond acceptors (Lipinski definition) is 4. The summed E-state index contributed by atoms with van der Waals surface area (Å²) in [7, 11) is 3.75. The Morgan fingerprint density at radius 3 is 2.52 bits per heavy atom. The first kappa shape index (κ1) is 19.0. The summed E-state index contributed by atoms with van der Waals surface area (Å²) in [6, 6.07) is 15.1.